The predicted octanol–water partition coefficient (Wildman–Crippen LogP) is 3.18. The molecule has 0 aliphatic heterocycles. The normalized spacial score (nSPS) is 10.4. The average Bonchev–Trinajstić information content (AvgIpc) is 2.68. The molecule has 0 unspecified atom stereocenters. The van der Waals surface area contributed by atoms with Gasteiger partial charge in [-0.2, -0.15) is 0 Å². The summed E-state index contributed by atoms with van der Waals surface area (Å²) in [5.74, 6) is 0.0594. The van der Waals surface area contributed by atoms with E-state index in [0.29, 0.717) is 18.9 Å². The summed E-state index contributed by atoms with van der Waals surface area (Å²) in [6.07, 6.45) is 3.03. The molecule has 1 heterocycles. The van der Waals surface area contributed by atoms with Gasteiger partial charge in [-0.1, -0.05) is 42.5 Å². The van der Waals surface area contributed by atoms with Gasteiger partial charge in [-0.05, 0) is 23.3 Å². The highest BCUT2D eigenvalue weighted by atomic mass is 19.1. The van der Waals surface area contributed by atoms with Crippen LogP contribution in [0.3, 0.4) is 0 Å². The second-order valence-electron chi connectivity index (χ2n) is 5.91. The van der Waals surface area contributed by atoms with Gasteiger partial charge in [-0.15, -0.1) is 0 Å². The zero-order chi connectivity index (χ0) is 18.4. The molecule has 26 heavy (non-hydrogen) atoms. The molecule has 0 atom stereocenters. The van der Waals surface area contributed by atoms with Crippen molar-refractivity contribution in [3.8, 4) is 0 Å². The van der Waals surface area contributed by atoms with E-state index in [0.717, 1.165) is 11.1 Å². The summed E-state index contributed by atoms with van der Waals surface area (Å²) in [7, 11) is 1.92. The first-order chi connectivity index (χ1) is 12.6. The van der Waals surface area contributed by atoms with Crippen LogP contribution in [0.1, 0.15) is 21.6 Å². The smallest absolute Gasteiger partial charge is 0.271 e. The third-order valence-corrected chi connectivity index (χ3v) is 3.89. The molecule has 0 aliphatic carbocycles. The summed E-state index contributed by atoms with van der Waals surface area (Å²) in [5.41, 5.74) is 2.22. The van der Waals surface area contributed by atoms with E-state index in [1.807, 2.05) is 42.3 Å². The average molecular weight is 350 g/mol. The Morgan fingerprint density at radius 1 is 1.00 bits per heavy atom. The fraction of sp³-hybridized carbons (Fsp3) is 0.150. The molecule has 2 aromatic carbocycles. The van der Waals surface area contributed by atoms with Gasteiger partial charge in [-0.25, -0.2) is 14.4 Å². The number of benzene rings is 2. The fourth-order valence-corrected chi connectivity index (χ4v) is 2.45. The zero-order valence-corrected chi connectivity index (χ0v) is 14.4. The Bertz CT molecular complexity index is 851. The van der Waals surface area contributed by atoms with E-state index in [2.05, 4.69) is 15.3 Å². The first-order valence-corrected chi connectivity index (χ1v) is 8.21. The second kappa shape index (κ2) is 8.20. The molecular weight excluding hydrogens is 331 g/mol. The molecule has 3 rings (SSSR count). The molecule has 3 aromatic rings. The molecule has 6 heteroatoms. The molecule has 0 spiro atoms. The lowest BCUT2D eigenvalue weighted by Gasteiger charge is -2.17. The summed E-state index contributed by atoms with van der Waals surface area (Å²) in [5, 5.41) is 2.75. The van der Waals surface area contributed by atoms with Crippen molar-refractivity contribution in [2.45, 2.75) is 13.1 Å². The van der Waals surface area contributed by atoms with Crippen molar-refractivity contribution in [1.82, 2.24) is 15.3 Å². The molecule has 0 fully saturated rings. The number of halogens is 1. The largest absolute Gasteiger partial charge is 0.354 e. The molecular formula is C20H19FN4O. The van der Waals surface area contributed by atoms with Gasteiger partial charge < -0.3 is 10.2 Å². The van der Waals surface area contributed by atoms with Crippen molar-refractivity contribution >= 4 is 11.7 Å². The number of hydrogen-bond donors (Lipinski definition) is 1. The van der Waals surface area contributed by atoms with E-state index in [9.17, 15) is 9.18 Å². The Balaban J connectivity index is 1.57. The summed E-state index contributed by atoms with van der Waals surface area (Å²) in [6.45, 7) is 1.00. The number of rotatable bonds is 6. The van der Waals surface area contributed by atoms with Crippen molar-refractivity contribution < 1.29 is 9.18 Å². The van der Waals surface area contributed by atoms with Gasteiger partial charge in [0.25, 0.3) is 5.91 Å². The van der Waals surface area contributed by atoms with Crippen LogP contribution in [0.2, 0.25) is 0 Å². The Kier molecular flexibility index (Phi) is 5.53. The standard InChI is InChI=1S/C20H19FN4O/c1-25(14-16-5-3-2-4-6-16)19-13-22-18(12-23-19)20(26)24-11-15-7-9-17(21)10-8-15/h2-10,12-13H,11,14H2,1H3,(H,24,26). The summed E-state index contributed by atoms with van der Waals surface area (Å²) < 4.78 is 12.9. The van der Waals surface area contributed by atoms with Crippen LogP contribution in [0.5, 0.6) is 0 Å². The number of nitrogens with zero attached hydrogens (tertiary/aromatic N) is 3. The van der Waals surface area contributed by atoms with Gasteiger partial charge >= 0.3 is 0 Å². The third-order valence-electron chi connectivity index (χ3n) is 3.89. The topological polar surface area (TPSA) is 58.1 Å². The molecule has 1 aromatic heterocycles. The minimum Gasteiger partial charge on any atom is -0.354 e. The van der Waals surface area contributed by atoms with Crippen LogP contribution in [0, 0.1) is 5.82 Å². The molecule has 0 saturated carbocycles. The van der Waals surface area contributed by atoms with Crippen LogP contribution >= 0.6 is 0 Å². The van der Waals surface area contributed by atoms with Crippen LogP contribution in [-0.2, 0) is 13.1 Å². The maximum absolute atomic E-state index is 12.9. The number of hydrogen-bond acceptors (Lipinski definition) is 4. The Morgan fingerprint density at radius 2 is 1.73 bits per heavy atom. The highest BCUT2D eigenvalue weighted by Gasteiger charge is 2.10. The summed E-state index contributed by atoms with van der Waals surface area (Å²) >= 11 is 0. The van der Waals surface area contributed by atoms with Crippen molar-refractivity contribution in [3.63, 3.8) is 0 Å². The number of amides is 1. The van der Waals surface area contributed by atoms with Gasteiger partial charge in [0, 0.05) is 20.1 Å². The maximum Gasteiger partial charge on any atom is 0.271 e. The van der Waals surface area contributed by atoms with Crippen molar-refractivity contribution in [2.24, 2.45) is 0 Å². The SMILES string of the molecule is CN(Cc1ccccc1)c1cnc(C(=O)NCc2ccc(F)cc2)cn1. The monoisotopic (exact) mass is 350 g/mol. The van der Waals surface area contributed by atoms with Gasteiger partial charge in [0.2, 0.25) is 0 Å². The molecule has 0 radical (unpaired) electrons. The first kappa shape index (κ1) is 17.5. The molecule has 132 valence electrons. The minimum atomic E-state index is -0.320. The highest BCUT2D eigenvalue weighted by Crippen LogP contribution is 2.11. The van der Waals surface area contributed by atoms with Gasteiger partial charge in [0.15, 0.2) is 0 Å². The lowest BCUT2D eigenvalue weighted by atomic mass is 10.2. The van der Waals surface area contributed by atoms with E-state index in [4.69, 9.17) is 0 Å². The third kappa shape index (κ3) is 4.63. The van der Waals surface area contributed by atoms with Crippen molar-refractivity contribution in [3.05, 3.63) is 89.6 Å². The number of carbonyl (C=O) groups excluding carboxylic acids is 1. The van der Waals surface area contributed by atoms with Crippen LogP contribution in [0.4, 0.5) is 10.2 Å². The molecule has 0 aliphatic rings. The molecule has 0 bridgehead atoms. The van der Waals surface area contributed by atoms with E-state index in [1.165, 1.54) is 18.3 Å². The summed E-state index contributed by atoms with van der Waals surface area (Å²) in [4.78, 5) is 22.6. The molecule has 1 amide bonds. The second-order valence-corrected chi connectivity index (χ2v) is 5.91. The van der Waals surface area contributed by atoms with Crippen LogP contribution in [0.25, 0.3) is 0 Å². The fourth-order valence-electron chi connectivity index (χ4n) is 2.45. The lowest BCUT2D eigenvalue weighted by Crippen LogP contribution is -2.24. The van der Waals surface area contributed by atoms with E-state index < -0.39 is 0 Å². The molecule has 0 saturated heterocycles. The van der Waals surface area contributed by atoms with Crippen molar-refractivity contribution in [2.75, 3.05) is 11.9 Å². The lowest BCUT2D eigenvalue weighted by molar-refractivity contribution is 0.0945. The highest BCUT2D eigenvalue weighted by molar-refractivity contribution is 5.91. The first-order valence-electron chi connectivity index (χ1n) is 8.21. The Hall–Kier alpha value is -3.28. The van der Waals surface area contributed by atoms with Gasteiger partial charge in [0.05, 0.1) is 12.4 Å². The van der Waals surface area contributed by atoms with E-state index in [1.54, 1.807) is 18.3 Å². The van der Waals surface area contributed by atoms with Gasteiger partial charge in [0.1, 0.15) is 17.3 Å². The Morgan fingerprint density at radius 3 is 2.38 bits per heavy atom. The minimum absolute atomic E-state index is 0.240. The van der Waals surface area contributed by atoms with Crippen LogP contribution < -0.4 is 10.2 Å². The Labute approximate surface area is 151 Å². The van der Waals surface area contributed by atoms with E-state index >= 15 is 0 Å². The number of carbonyl (C=O) groups is 1. The molecule has 1 N–H and O–H groups in total. The maximum atomic E-state index is 12.9. The predicted molar refractivity (Wildman–Crippen MR) is 98.2 cm³/mol. The number of nitrogens with one attached hydrogen (secondary N) is 1. The number of aromatic nitrogens is 2. The van der Waals surface area contributed by atoms with Crippen LogP contribution in [0.15, 0.2) is 67.0 Å². The van der Waals surface area contributed by atoms with Crippen molar-refractivity contribution in [1.29, 1.82) is 0 Å². The van der Waals surface area contributed by atoms with E-state index in [-0.39, 0.29) is 17.4 Å². The number of anilines is 1. The molecule has 5 nitrogen and oxygen atoms in total. The van der Waals surface area contributed by atoms with Crippen LogP contribution in [-0.4, -0.2) is 22.9 Å². The van der Waals surface area contributed by atoms with Gasteiger partial charge in [-0.3, -0.25) is 4.79 Å². The quantitative estimate of drug-likeness (QED) is 0.742. The zero-order valence-electron chi connectivity index (χ0n) is 14.4. The summed E-state index contributed by atoms with van der Waals surface area (Å²) in [6, 6.07) is 16.0.